The highest BCUT2D eigenvalue weighted by Gasteiger charge is 2.15. The summed E-state index contributed by atoms with van der Waals surface area (Å²) in [7, 11) is -1.13. The van der Waals surface area contributed by atoms with Crippen LogP contribution in [-0.4, -0.2) is 16.3 Å². The number of ether oxygens (including phenoxy) is 2. The van der Waals surface area contributed by atoms with Gasteiger partial charge in [0.1, 0.15) is 0 Å². The smallest absolute Gasteiger partial charge is 0.231 e. The van der Waals surface area contributed by atoms with Gasteiger partial charge in [-0.1, -0.05) is 53.2 Å². The van der Waals surface area contributed by atoms with E-state index in [1.54, 1.807) is 0 Å². The summed E-state index contributed by atoms with van der Waals surface area (Å²) in [6, 6.07) is 15.6. The largest absolute Gasteiger partial charge is 0.454 e. The molecule has 0 aromatic heterocycles. The van der Waals surface area contributed by atoms with Gasteiger partial charge in [0.2, 0.25) is 6.79 Å². The van der Waals surface area contributed by atoms with E-state index in [4.69, 9.17) is 9.47 Å². The highest BCUT2D eigenvalue weighted by atomic mass is 79.9. The van der Waals surface area contributed by atoms with E-state index < -0.39 is 10.8 Å². The number of benzene rings is 2. The second-order valence-electron chi connectivity index (χ2n) is 5.72. The van der Waals surface area contributed by atoms with Gasteiger partial charge in [0.05, 0.1) is 10.8 Å². The van der Waals surface area contributed by atoms with Crippen molar-refractivity contribution in [2.24, 2.45) is 5.92 Å². The van der Waals surface area contributed by atoms with Crippen LogP contribution in [0.15, 0.2) is 64.4 Å². The first-order chi connectivity index (χ1) is 11.7. The lowest BCUT2D eigenvalue weighted by molar-refractivity contribution is 0.174. The predicted octanol–water partition coefficient (Wildman–Crippen LogP) is 4.68. The molecule has 3 rings (SSSR count). The molecule has 0 radical (unpaired) electrons. The maximum atomic E-state index is 12.7. The highest BCUT2D eigenvalue weighted by molar-refractivity contribution is 9.09. The van der Waals surface area contributed by atoms with Gasteiger partial charge in [-0.25, -0.2) is 4.21 Å². The van der Waals surface area contributed by atoms with Crippen molar-refractivity contribution in [3.05, 3.63) is 65.1 Å². The van der Waals surface area contributed by atoms with E-state index in [9.17, 15) is 4.21 Å². The number of rotatable bonds is 6. The Balaban J connectivity index is 1.72. The van der Waals surface area contributed by atoms with Gasteiger partial charge in [-0.3, -0.25) is 0 Å². The summed E-state index contributed by atoms with van der Waals surface area (Å²) < 4.78 is 23.5. The first kappa shape index (κ1) is 17.2. The zero-order valence-electron chi connectivity index (χ0n) is 13.4. The minimum Gasteiger partial charge on any atom is -0.454 e. The monoisotopic (exact) mass is 406 g/mol. The number of halogens is 1. The van der Waals surface area contributed by atoms with E-state index in [2.05, 4.69) is 35.0 Å². The van der Waals surface area contributed by atoms with Crippen molar-refractivity contribution in [2.45, 2.75) is 18.2 Å². The van der Waals surface area contributed by atoms with E-state index in [1.807, 2.05) is 42.5 Å². The van der Waals surface area contributed by atoms with Crippen molar-refractivity contribution in [1.29, 1.82) is 0 Å². The van der Waals surface area contributed by atoms with E-state index in [0.717, 1.165) is 27.7 Å². The summed E-state index contributed by atoms with van der Waals surface area (Å²) in [6.45, 7) is 2.42. The lowest BCUT2D eigenvalue weighted by atomic mass is 10.0. The minimum atomic E-state index is -1.13. The van der Waals surface area contributed by atoms with Gasteiger partial charge >= 0.3 is 0 Å². The van der Waals surface area contributed by atoms with Crippen LogP contribution in [-0.2, 0) is 17.2 Å². The molecule has 0 saturated heterocycles. The van der Waals surface area contributed by atoms with E-state index >= 15 is 0 Å². The molecule has 0 aliphatic carbocycles. The van der Waals surface area contributed by atoms with Gasteiger partial charge in [0.25, 0.3) is 0 Å². The molecule has 2 unspecified atom stereocenters. The maximum Gasteiger partial charge on any atom is 0.231 e. The second-order valence-corrected chi connectivity index (χ2v) is 7.81. The molecule has 0 amide bonds. The molecule has 0 spiro atoms. The van der Waals surface area contributed by atoms with Crippen LogP contribution in [0.5, 0.6) is 11.5 Å². The highest BCUT2D eigenvalue weighted by Crippen LogP contribution is 2.33. The van der Waals surface area contributed by atoms with Crippen molar-refractivity contribution in [3.8, 4) is 11.5 Å². The molecule has 1 aliphatic heterocycles. The van der Waals surface area contributed by atoms with E-state index in [0.29, 0.717) is 5.33 Å². The van der Waals surface area contributed by atoms with Crippen molar-refractivity contribution in [2.75, 3.05) is 12.1 Å². The quantitative estimate of drug-likeness (QED) is 0.653. The lowest BCUT2D eigenvalue weighted by Crippen LogP contribution is -2.03. The Labute approximate surface area is 153 Å². The van der Waals surface area contributed by atoms with Crippen molar-refractivity contribution >= 4 is 26.7 Å². The Bertz CT molecular complexity index is 758. The summed E-state index contributed by atoms with van der Waals surface area (Å²) in [4.78, 5) is 1.73. The summed E-state index contributed by atoms with van der Waals surface area (Å²) in [5, 5.41) is 0.597. The van der Waals surface area contributed by atoms with Crippen molar-refractivity contribution in [3.63, 3.8) is 0 Å². The SMILES string of the molecule is CC(/C=C(/CBr)S(=O)c1ccccc1)Cc1ccc2c(c1)OCO2. The molecular weight excluding hydrogens is 388 g/mol. The van der Waals surface area contributed by atoms with Crippen LogP contribution in [0.25, 0.3) is 0 Å². The number of fused-ring (bicyclic) bond motifs is 1. The molecule has 0 bridgehead atoms. The molecule has 3 nitrogen and oxygen atoms in total. The molecule has 0 N–H and O–H groups in total. The van der Waals surface area contributed by atoms with Crippen LogP contribution >= 0.6 is 15.9 Å². The van der Waals surface area contributed by atoms with Crippen LogP contribution in [0.2, 0.25) is 0 Å². The zero-order valence-corrected chi connectivity index (χ0v) is 15.8. The summed E-state index contributed by atoms with van der Waals surface area (Å²) in [5.41, 5.74) is 1.18. The summed E-state index contributed by atoms with van der Waals surface area (Å²) in [5.74, 6) is 1.87. The fourth-order valence-electron chi connectivity index (χ4n) is 2.67. The maximum absolute atomic E-state index is 12.7. The lowest BCUT2D eigenvalue weighted by Gasteiger charge is -2.11. The molecule has 126 valence electrons. The fourth-order valence-corrected chi connectivity index (χ4v) is 4.64. The summed E-state index contributed by atoms with van der Waals surface area (Å²) in [6.07, 6.45) is 2.96. The number of alkyl halides is 1. The Hall–Kier alpha value is -1.59. The van der Waals surface area contributed by atoms with Crippen LogP contribution in [0.1, 0.15) is 12.5 Å². The van der Waals surface area contributed by atoms with Crippen LogP contribution in [0, 0.1) is 5.92 Å². The van der Waals surface area contributed by atoms with Crippen LogP contribution < -0.4 is 9.47 Å². The first-order valence-corrected chi connectivity index (χ1v) is 10.1. The topological polar surface area (TPSA) is 35.5 Å². The standard InChI is InChI=1S/C19H19BrO3S/c1-14(9-15-7-8-18-19(11-15)23-13-22-18)10-17(12-20)24(21)16-5-3-2-4-6-16/h2-8,10-11,14H,9,12-13H2,1H3/b17-10-. The van der Waals surface area contributed by atoms with E-state index in [-0.39, 0.29) is 12.7 Å². The van der Waals surface area contributed by atoms with E-state index in [1.165, 1.54) is 5.56 Å². The molecule has 2 aromatic carbocycles. The van der Waals surface area contributed by atoms with Gasteiger partial charge in [-0.05, 0) is 42.2 Å². The Morgan fingerprint density at radius 2 is 1.96 bits per heavy atom. The molecular formula is C19H19BrO3S. The van der Waals surface area contributed by atoms with Gasteiger partial charge in [-0.2, -0.15) is 0 Å². The Morgan fingerprint density at radius 1 is 1.21 bits per heavy atom. The van der Waals surface area contributed by atoms with Crippen LogP contribution in [0.4, 0.5) is 0 Å². The van der Waals surface area contributed by atoms with Gasteiger partial charge in [0, 0.05) is 15.1 Å². The Morgan fingerprint density at radius 3 is 2.71 bits per heavy atom. The third-order valence-corrected chi connectivity index (χ3v) is 6.22. The third-order valence-electron chi connectivity index (χ3n) is 3.79. The van der Waals surface area contributed by atoms with Gasteiger partial charge < -0.3 is 9.47 Å². The normalized spacial score (nSPS) is 16.0. The van der Waals surface area contributed by atoms with Crippen molar-refractivity contribution in [1.82, 2.24) is 0 Å². The zero-order chi connectivity index (χ0) is 16.9. The average molecular weight is 407 g/mol. The summed E-state index contributed by atoms with van der Waals surface area (Å²) >= 11 is 3.47. The van der Waals surface area contributed by atoms with Crippen LogP contribution in [0.3, 0.4) is 0 Å². The molecule has 1 heterocycles. The van der Waals surface area contributed by atoms with Crippen molar-refractivity contribution < 1.29 is 13.7 Å². The first-order valence-electron chi connectivity index (χ1n) is 7.79. The molecule has 2 atom stereocenters. The second kappa shape index (κ2) is 7.99. The van der Waals surface area contributed by atoms with Gasteiger partial charge in [0.15, 0.2) is 11.5 Å². The molecule has 24 heavy (non-hydrogen) atoms. The Kier molecular flexibility index (Phi) is 5.74. The average Bonchev–Trinajstić information content (AvgIpc) is 3.07. The predicted molar refractivity (Wildman–Crippen MR) is 100 cm³/mol. The number of hydrogen-bond acceptors (Lipinski definition) is 3. The molecule has 0 saturated carbocycles. The molecule has 1 aliphatic rings. The van der Waals surface area contributed by atoms with Gasteiger partial charge in [-0.15, -0.1) is 0 Å². The molecule has 5 heteroatoms. The molecule has 2 aromatic rings. The third kappa shape index (κ3) is 4.08. The fraction of sp³-hybridized carbons (Fsp3) is 0.263. The molecule has 0 fully saturated rings. The number of allylic oxidation sites excluding steroid dienone is 2. The minimum absolute atomic E-state index is 0.269. The number of hydrogen-bond donors (Lipinski definition) is 0.